The van der Waals surface area contributed by atoms with Crippen LogP contribution in [0.3, 0.4) is 0 Å². The van der Waals surface area contributed by atoms with Crippen LogP contribution >= 0.6 is 23.3 Å². The van der Waals surface area contributed by atoms with Gasteiger partial charge in [-0.2, -0.15) is 4.37 Å². The lowest BCUT2D eigenvalue weighted by atomic mass is 9.88. The predicted octanol–water partition coefficient (Wildman–Crippen LogP) is 3.35. The second-order valence-electron chi connectivity index (χ2n) is 5.29. The van der Waals surface area contributed by atoms with Crippen LogP contribution in [0.1, 0.15) is 39.9 Å². The van der Waals surface area contributed by atoms with E-state index < -0.39 is 0 Å². The van der Waals surface area contributed by atoms with Crippen molar-refractivity contribution >= 4 is 23.3 Å². The minimum absolute atomic E-state index is 0.280. The van der Waals surface area contributed by atoms with Crippen molar-refractivity contribution in [1.82, 2.24) is 14.7 Å². The molecule has 98 valence electrons. The third-order valence-corrected chi connectivity index (χ3v) is 4.59. The zero-order valence-corrected chi connectivity index (χ0v) is 13.0. The molecule has 0 radical (unpaired) electrons. The average Bonchev–Trinajstić information content (AvgIpc) is 2.62. The van der Waals surface area contributed by atoms with Gasteiger partial charge in [-0.3, -0.25) is 0 Å². The first-order valence-corrected chi connectivity index (χ1v) is 7.86. The molecule has 0 bridgehead atoms. The topological polar surface area (TPSA) is 37.8 Å². The van der Waals surface area contributed by atoms with Crippen LogP contribution in [0.2, 0.25) is 0 Å². The molecule has 0 saturated heterocycles. The first-order valence-electron chi connectivity index (χ1n) is 6.10. The number of aryl methyl sites for hydroxylation is 1. The molecule has 0 aliphatic heterocycles. The smallest absolute Gasteiger partial charge is 0.170 e. The molecule has 1 aromatic heterocycles. The SMILES string of the molecule is CCCNC(CSc1nc(C)ns1)C(C)(C)C. The second kappa shape index (κ2) is 6.71. The van der Waals surface area contributed by atoms with Crippen molar-refractivity contribution in [3.63, 3.8) is 0 Å². The van der Waals surface area contributed by atoms with Crippen LogP contribution in [0, 0.1) is 12.3 Å². The zero-order chi connectivity index (χ0) is 12.9. The minimum atomic E-state index is 0.280. The van der Waals surface area contributed by atoms with Gasteiger partial charge in [-0.1, -0.05) is 39.5 Å². The molecule has 3 nitrogen and oxygen atoms in total. The van der Waals surface area contributed by atoms with Gasteiger partial charge in [0.15, 0.2) is 4.34 Å². The largest absolute Gasteiger partial charge is 0.313 e. The van der Waals surface area contributed by atoms with Crippen molar-refractivity contribution in [3.8, 4) is 0 Å². The van der Waals surface area contributed by atoms with Crippen molar-refractivity contribution in [2.45, 2.75) is 51.4 Å². The summed E-state index contributed by atoms with van der Waals surface area (Å²) in [5.74, 6) is 1.93. The fourth-order valence-electron chi connectivity index (χ4n) is 1.42. The lowest BCUT2D eigenvalue weighted by Gasteiger charge is -2.31. The van der Waals surface area contributed by atoms with Crippen LogP contribution in [0.5, 0.6) is 0 Å². The Balaban J connectivity index is 2.49. The highest BCUT2D eigenvalue weighted by Gasteiger charge is 2.24. The fraction of sp³-hybridized carbons (Fsp3) is 0.833. The Kier molecular flexibility index (Phi) is 5.89. The number of hydrogen-bond donors (Lipinski definition) is 1. The summed E-state index contributed by atoms with van der Waals surface area (Å²) in [6, 6.07) is 0.511. The average molecular weight is 273 g/mol. The summed E-state index contributed by atoms with van der Waals surface area (Å²) in [6.45, 7) is 12.1. The highest BCUT2D eigenvalue weighted by Crippen LogP contribution is 2.27. The first kappa shape index (κ1) is 14.9. The lowest BCUT2D eigenvalue weighted by Crippen LogP contribution is -2.42. The second-order valence-corrected chi connectivity index (χ2v) is 7.31. The Bertz CT molecular complexity index is 331. The van der Waals surface area contributed by atoms with E-state index in [1.165, 1.54) is 18.0 Å². The van der Waals surface area contributed by atoms with E-state index in [1.54, 1.807) is 0 Å². The van der Waals surface area contributed by atoms with Gasteiger partial charge in [-0.25, -0.2) is 4.98 Å². The van der Waals surface area contributed by atoms with E-state index in [-0.39, 0.29) is 5.41 Å². The third-order valence-electron chi connectivity index (χ3n) is 2.57. The Hall–Kier alpha value is -0.130. The van der Waals surface area contributed by atoms with E-state index in [0.717, 1.165) is 22.5 Å². The van der Waals surface area contributed by atoms with Crippen molar-refractivity contribution in [1.29, 1.82) is 0 Å². The van der Waals surface area contributed by atoms with Gasteiger partial charge in [0.1, 0.15) is 5.82 Å². The fourth-order valence-corrected chi connectivity index (χ4v) is 3.50. The highest BCUT2D eigenvalue weighted by atomic mass is 32.2. The van der Waals surface area contributed by atoms with Crippen LogP contribution in [0.4, 0.5) is 0 Å². The van der Waals surface area contributed by atoms with Gasteiger partial charge in [0, 0.05) is 11.8 Å². The summed E-state index contributed by atoms with van der Waals surface area (Å²) in [6.07, 6.45) is 1.18. The number of thioether (sulfide) groups is 1. The molecule has 17 heavy (non-hydrogen) atoms. The molecule has 0 amide bonds. The van der Waals surface area contributed by atoms with E-state index in [0.29, 0.717) is 6.04 Å². The monoisotopic (exact) mass is 273 g/mol. The number of nitrogens with zero attached hydrogens (tertiary/aromatic N) is 2. The molecule has 1 N–H and O–H groups in total. The molecule has 1 aromatic rings. The molecule has 1 unspecified atom stereocenters. The Morgan fingerprint density at radius 1 is 1.41 bits per heavy atom. The first-order chi connectivity index (χ1) is 7.93. The van der Waals surface area contributed by atoms with Crippen LogP contribution in [-0.4, -0.2) is 27.7 Å². The number of hydrogen-bond acceptors (Lipinski definition) is 5. The van der Waals surface area contributed by atoms with E-state index in [1.807, 2.05) is 18.7 Å². The van der Waals surface area contributed by atoms with Crippen LogP contribution in [-0.2, 0) is 0 Å². The normalized spacial score (nSPS) is 13.9. The Morgan fingerprint density at radius 2 is 2.12 bits per heavy atom. The summed E-state index contributed by atoms with van der Waals surface area (Å²) >= 11 is 3.31. The highest BCUT2D eigenvalue weighted by molar-refractivity contribution is 8.00. The van der Waals surface area contributed by atoms with E-state index in [2.05, 4.69) is 42.4 Å². The van der Waals surface area contributed by atoms with Crippen molar-refractivity contribution in [2.75, 3.05) is 12.3 Å². The van der Waals surface area contributed by atoms with Crippen molar-refractivity contribution in [3.05, 3.63) is 5.82 Å². The molecule has 1 heterocycles. The van der Waals surface area contributed by atoms with Crippen LogP contribution in [0.25, 0.3) is 0 Å². The molecule has 0 aliphatic carbocycles. The molecule has 1 rings (SSSR count). The van der Waals surface area contributed by atoms with Gasteiger partial charge in [-0.15, -0.1) is 0 Å². The molecule has 1 atom stereocenters. The molecule has 0 spiro atoms. The van der Waals surface area contributed by atoms with E-state index in [4.69, 9.17) is 0 Å². The van der Waals surface area contributed by atoms with Crippen LogP contribution < -0.4 is 5.32 Å². The zero-order valence-electron chi connectivity index (χ0n) is 11.4. The third kappa shape index (κ3) is 5.36. The van der Waals surface area contributed by atoms with Gasteiger partial charge < -0.3 is 5.32 Å². The summed E-state index contributed by atoms with van der Waals surface area (Å²) in [5.41, 5.74) is 0.280. The van der Waals surface area contributed by atoms with Gasteiger partial charge in [0.25, 0.3) is 0 Å². The maximum Gasteiger partial charge on any atom is 0.170 e. The number of nitrogens with one attached hydrogen (secondary N) is 1. The molecular weight excluding hydrogens is 250 g/mol. The molecule has 0 fully saturated rings. The quantitative estimate of drug-likeness (QED) is 0.807. The standard InChI is InChI=1S/C12H23N3S2/c1-6-7-13-10(12(3,4)5)8-16-11-14-9(2)15-17-11/h10,13H,6-8H2,1-5H3. The lowest BCUT2D eigenvalue weighted by molar-refractivity contribution is 0.292. The van der Waals surface area contributed by atoms with Crippen molar-refractivity contribution < 1.29 is 0 Å². The van der Waals surface area contributed by atoms with Crippen molar-refractivity contribution in [2.24, 2.45) is 5.41 Å². The predicted molar refractivity (Wildman–Crippen MR) is 76.9 cm³/mol. The van der Waals surface area contributed by atoms with E-state index in [9.17, 15) is 0 Å². The maximum absolute atomic E-state index is 4.39. The minimum Gasteiger partial charge on any atom is -0.313 e. The molecule has 5 heteroatoms. The summed E-state index contributed by atoms with van der Waals surface area (Å²) < 4.78 is 5.29. The summed E-state index contributed by atoms with van der Waals surface area (Å²) in [4.78, 5) is 4.39. The Labute approximate surface area is 113 Å². The molecular formula is C12H23N3S2. The Morgan fingerprint density at radius 3 is 2.59 bits per heavy atom. The molecule has 0 saturated carbocycles. The van der Waals surface area contributed by atoms with Crippen LogP contribution in [0.15, 0.2) is 4.34 Å². The van der Waals surface area contributed by atoms with Gasteiger partial charge in [0.05, 0.1) is 0 Å². The van der Waals surface area contributed by atoms with Gasteiger partial charge in [0.2, 0.25) is 0 Å². The molecule has 0 aromatic carbocycles. The maximum atomic E-state index is 4.39. The van der Waals surface area contributed by atoms with E-state index >= 15 is 0 Å². The summed E-state index contributed by atoms with van der Waals surface area (Å²) in [7, 11) is 0. The number of aromatic nitrogens is 2. The van der Waals surface area contributed by atoms with Gasteiger partial charge >= 0.3 is 0 Å². The summed E-state index contributed by atoms with van der Waals surface area (Å²) in [5, 5.41) is 3.62. The van der Waals surface area contributed by atoms with Gasteiger partial charge in [-0.05, 0) is 36.8 Å². The number of rotatable bonds is 6. The molecule has 0 aliphatic rings.